The molecule has 1 heterocycles. The molecule has 1 aromatic rings. The zero-order valence-corrected chi connectivity index (χ0v) is 8.92. The van der Waals surface area contributed by atoms with E-state index in [0.717, 1.165) is 16.7 Å². The molecular formula is C12H15NO. The largest absolute Gasteiger partial charge is 0.292 e. The Kier molecular flexibility index (Phi) is 3.18. The molecule has 0 aromatic carbocycles. The highest BCUT2D eigenvalue weighted by atomic mass is 16.1. The van der Waals surface area contributed by atoms with E-state index in [2.05, 4.69) is 11.6 Å². The number of hydrogen-bond donors (Lipinski definition) is 0. The molecule has 0 fully saturated rings. The summed E-state index contributed by atoms with van der Waals surface area (Å²) in [5.74, 6) is 0.0509. The lowest BCUT2D eigenvalue weighted by Crippen LogP contribution is -2.05. The topological polar surface area (TPSA) is 30.0 Å². The minimum atomic E-state index is 0.0509. The van der Waals surface area contributed by atoms with Gasteiger partial charge < -0.3 is 0 Å². The molecule has 0 aliphatic carbocycles. The van der Waals surface area contributed by atoms with E-state index in [1.165, 1.54) is 0 Å². The van der Waals surface area contributed by atoms with Gasteiger partial charge in [-0.05, 0) is 31.9 Å². The van der Waals surface area contributed by atoms with Gasteiger partial charge in [-0.3, -0.25) is 9.78 Å². The maximum atomic E-state index is 11.7. The Balaban J connectivity index is 2.96. The summed E-state index contributed by atoms with van der Waals surface area (Å²) in [6.07, 6.45) is 2.11. The first kappa shape index (κ1) is 10.6. The molecule has 0 amide bonds. The lowest BCUT2D eigenvalue weighted by Gasteiger charge is -2.04. The number of nitrogens with zero attached hydrogens (tertiary/aromatic N) is 1. The van der Waals surface area contributed by atoms with Gasteiger partial charge in [0.15, 0.2) is 5.78 Å². The maximum absolute atomic E-state index is 11.7. The van der Waals surface area contributed by atoms with Crippen LogP contribution >= 0.6 is 0 Å². The van der Waals surface area contributed by atoms with Crippen LogP contribution in [-0.2, 0) is 0 Å². The van der Waals surface area contributed by atoms with Gasteiger partial charge in [-0.15, -0.1) is 0 Å². The predicted octanol–water partition coefficient (Wildman–Crippen LogP) is 2.85. The molecule has 0 spiro atoms. The van der Waals surface area contributed by atoms with Crippen molar-refractivity contribution in [1.29, 1.82) is 0 Å². The predicted molar refractivity (Wildman–Crippen MR) is 57.5 cm³/mol. The monoisotopic (exact) mass is 189 g/mol. The lowest BCUT2D eigenvalue weighted by molar-refractivity contribution is 0.0988. The average molecular weight is 189 g/mol. The molecule has 0 N–H and O–H groups in total. The zero-order chi connectivity index (χ0) is 10.7. The second-order valence-electron chi connectivity index (χ2n) is 3.74. The maximum Gasteiger partial charge on any atom is 0.185 e. The number of rotatable bonds is 3. The molecule has 2 nitrogen and oxygen atoms in total. The molecule has 0 radical (unpaired) electrons. The lowest BCUT2D eigenvalue weighted by atomic mass is 10.1. The standard InChI is InChI=1S/C12H15NO/c1-8(2)5-11(14)12-10(4)6-9(3)7-13-12/h6-7H,1,5H2,2-4H3. The SMILES string of the molecule is C=C(C)CC(=O)c1ncc(C)cc1C. The van der Waals surface area contributed by atoms with Gasteiger partial charge >= 0.3 is 0 Å². The van der Waals surface area contributed by atoms with Crippen LogP contribution in [-0.4, -0.2) is 10.8 Å². The van der Waals surface area contributed by atoms with Gasteiger partial charge in [-0.2, -0.15) is 0 Å². The van der Waals surface area contributed by atoms with Crippen molar-refractivity contribution in [3.8, 4) is 0 Å². The summed E-state index contributed by atoms with van der Waals surface area (Å²) >= 11 is 0. The number of carbonyl (C=O) groups excluding carboxylic acids is 1. The van der Waals surface area contributed by atoms with Crippen LogP contribution in [0.1, 0.15) is 35.0 Å². The van der Waals surface area contributed by atoms with E-state index in [-0.39, 0.29) is 5.78 Å². The summed E-state index contributed by atoms with van der Waals surface area (Å²) < 4.78 is 0. The number of ketones is 1. The van der Waals surface area contributed by atoms with E-state index in [4.69, 9.17) is 0 Å². The Labute approximate surface area is 84.7 Å². The molecule has 1 rings (SSSR count). The van der Waals surface area contributed by atoms with Crippen LogP contribution in [0.5, 0.6) is 0 Å². The van der Waals surface area contributed by atoms with Gasteiger partial charge in [0.1, 0.15) is 5.69 Å². The van der Waals surface area contributed by atoms with Crippen molar-refractivity contribution in [2.45, 2.75) is 27.2 Å². The molecule has 0 aliphatic rings. The Hall–Kier alpha value is -1.44. The third kappa shape index (κ3) is 2.52. The number of carbonyl (C=O) groups is 1. The molecule has 0 saturated carbocycles. The first-order valence-electron chi connectivity index (χ1n) is 4.61. The van der Waals surface area contributed by atoms with Crippen LogP contribution in [0.15, 0.2) is 24.4 Å². The fourth-order valence-electron chi connectivity index (χ4n) is 1.37. The minimum absolute atomic E-state index is 0.0509. The summed E-state index contributed by atoms with van der Waals surface area (Å²) in [5.41, 5.74) is 3.46. The average Bonchev–Trinajstić information content (AvgIpc) is 2.01. The van der Waals surface area contributed by atoms with Gasteiger partial charge in [0.05, 0.1) is 0 Å². The summed E-state index contributed by atoms with van der Waals surface area (Å²) in [6.45, 7) is 9.44. The third-order valence-electron chi connectivity index (χ3n) is 1.94. The van der Waals surface area contributed by atoms with Crippen LogP contribution in [0.2, 0.25) is 0 Å². The van der Waals surface area contributed by atoms with Crippen LogP contribution in [0, 0.1) is 13.8 Å². The fraction of sp³-hybridized carbons (Fsp3) is 0.333. The molecule has 74 valence electrons. The highest BCUT2D eigenvalue weighted by Crippen LogP contribution is 2.11. The number of hydrogen-bond acceptors (Lipinski definition) is 2. The van der Waals surface area contributed by atoms with E-state index < -0.39 is 0 Å². The molecule has 0 aliphatic heterocycles. The van der Waals surface area contributed by atoms with Crippen molar-refractivity contribution in [3.05, 3.63) is 41.2 Å². The van der Waals surface area contributed by atoms with Crippen molar-refractivity contribution >= 4 is 5.78 Å². The normalized spacial score (nSPS) is 9.93. The van der Waals surface area contributed by atoms with Gasteiger partial charge in [0.2, 0.25) is 0 Å². The Morgan fingerprint density at radius 3 is 2.64 bits per heavy atom. The first-order valence-corrected chi connectivity index (χ1v) is 4.61. The summed E-state index contributed by atoms with van der Waals surface area (Å²) in [5, 5.41) is 0. The number of aryl methyl sites for hydroxylation is 2. The van der Waals surface area contributed by atoms with Gasteiger partial charge in [0, 0.05) is 12.6 Å². The van der Waals surface area contributed by atoms with E-state index in [1.54, 1.807) is 6.20 Å². The van der Waals surface area contributed by atoms with Gasteiger partial charge in [-0.25, -0.2) is 0 Å². The third-order valence-corrected chi connectivity index (χ3v) is 1.94. The van der Waals surface area contributed by atoms with Gasteiger partial charge in [-0.1, -0.05) is 18.2 Å². The quantitative estimate of drug-likeness (QED) is 0.540. The highest BCUT2D eigenvalue weighted by Gasteiger charge is 2.10. The van der Waals surface area contributed by atoms with Gasteiger partial charge in [0.25, 0.3) is 0 Å². The summed E-state index contributed by atoms with van der Waals surface area (Å²) in [7, 11) is 0. The van der Waals surface area contributed by atoms with Crippen molar-refractivity contribution < 1.29 is 4.79 Å². The molecule has 0 saturated heterocycles. The smallest absolute Gasteiger partial charge is 0.185 e. The van der Waals surface area contributed by atoms with E-state index in [9.17, 15) is 4.79 Å². The Bertz CT molecular complexity index is 380. The molecule has 2 heteroatoms. The van der Waals surface area contributed by atoms with Crippen molar-refractivity contribution in [3.63, 3.8) is 0 Å². The molecular weight excluding hydrogens is 174 g/mol. The van der Waals surface area contributed by atoms with E-state index in [0.29, 0.717) is 12.1 Å². The van der Waals surface area contributed by atoms with Crippen LogP contribution in [0.3, 0.4) is 0 Å². The number of Topliss-reactive ketones (excluding diaryl/α,β-unsaturated/α-hetero) is 1. The first-order chi connectivity index (χ1) is 6.50. The number of aromatic nitrogens is 1. The van der Waals surface area contributed by atoms with Crippen molar-refractivity contribution in [2.75, 3.05) is 0 Å². The fourth-order valence-corrected chi connectivity index (χ4v) is 1.37. The molecule has 0 atom stereocenters. The number of pyridine rings is 1. The zero-order valence-electron chi connectivity index (χ0n) is 8.92. The summed E-state index contributed by atoms with van der Waals surface area (Å²) in [4.78, 5) is 15.8. The van der Waals surface area contributed by atoms with Crippen LogP contribution in [0.4, 0.5) is 0 Å². The van der Waals surface area contributed by atoms with Crippen molar-refractivity contribution in [2.24, 2.45) is 0 Å². The molecule has 14 heavy (non-hydrogen) atoms. The highest BCUT2D eigenvalue weighted by molar-refractivity contribution is 5.96. The second kappa shape index (κ2) is 4.18. The van der Waals surface area contributed by atoms with E-state index in [1.807, 2.05) is 26.8 Å². The molecule has 1 aromatic heterocycles. The Morgan fingerprint density at radius 1 is 1.50 bits per heavy atom. The second-order valence-corrected chi connectivity index (χ2v) is 3.74. The Morgan fingerprint density at radius 2 is 2.14 bits per heavy atom. The van der Waals surface area contributed by atoms with E-state index >= 15 is 0 Å². The van der Waals surface area contributed by atoms with Crippen LogP contribution < -0.4 is 0 Å². The van der Waals surface area contributed by atoms with Crippen LogP contribution in [0.25, 0.3) is 0 Å². The molecule has 0 bridgehead atoms. The van der Waals surface area contributed by atoms with Crippen molar-refractivity contribution in [1.82, 2.24) is 4.98 Å². The minimum Gasteiger partial charge on any atom is -0.292 e. The number of allylic oxidation sites excluding steroid dienone is 1. The molecule has 0 unspecified atom stereocenters. The summed E-state index contributed by atoms with van der Waals surface area (Å²) in [6, 6.07) is 1.97.